The highest BCUT2D eigenvalue weighted by Crippen LogP contribution is 2.31. The van der Waals surface area contributed by atoms with E-state index in [2.05, 4.69) is 4.98 Å². The second-order valence-corrected chi connectivity index (χ2v) is 12.6. The number of aromatic nitrogens is 2. The van der Waals surface area contributed by atoms with E-state index in [9.17, 15) is 31.9 Å². The van der Waals surface area contributed by atoms with Gasteiger partial charge < -0.3 is 14.4 Å². The predicted octanol–water partition coefficient (Wildman–Crippen LogP) is 6.75. The summed E-state index contributed by atoms with van der Waals surface area (Å²) < 4.78 is 54.3. The van der Waals surface area contributed by atoms with Crippen molar-refractivity contribution in [2.45, 2.75) is 63.3 Å². The van der Waals surface area contributed by atoms with Crippen LogP contribution in [-0.4, -0.2) is 50.8 Å². The Balaban J connectivity index is 1.39. The summed E-state index contributed by atoms with van der Waals surface area (Å²) in [6.45, 7) is 4.60. The van der Waals surface area contributed by atoms with Crippen LogP contribution in [0.5, 0.6) is 0 Å². The SMILES string of the molecule is CCN(CCN(Cc1ccc(-c2ccc(C(F)(F)F)cc2)cc1)C(=O)Cn1c(SCc2ccc(F)cc2)nc(=O)c2c1CCC2)C(C)=O. The number of alkyl halides is 3. The minimum Gasteiger partial charge on any atom is -0.341 e. The molecule has 0 atom stereocenters. The topological polar surface area (TPSA) is 75.5 Å². The summed E-state index contributed by atoms with van der Waals surface area (Å²) in [4.78, 5) is 46.8. The quantitative estimate of drug-likeness (QED) is 0.0941. The fourth-order valence-electron chi connectivity index (χ4n) is 5.77. The second-order valence-electron chi connectivity index (χ2n) is 11.7. The van der Waals surface area contributed by atoms with Crippen LogP contribution < -0.4 is 5.56 Å². The Bertz CT molecular complexity index is 1810. The molecule has 0 bridgehead atoms. The lowest BCUT2D eigenvalue weighted by atomic mass is 10.0. The van der Waals surface area contributed by atoms with Crippen LogP contribution in [0.4, 0.5) is 17.6 Å². The molecule has 0 saturated carbocycles. The van der Waals surface area contributed by atoms with Crippen LogP contribution in [0.2, 0.25) is 0 Å². The summed E-state index contributed by atoms with van der Waals surface area (Å²) in [5.74, 6) is -0.237. The monoisotopic (exact) mass is 680 g/mol. The molecule has 1 heterocycles. The molecule has 0 radical (unpaired) electrons. The third-order valence-corrected chi connectivity index (χ3v) is 9.52. The summed E-state index contributed by atoms with van der Waals surface area (Å²) in [5, 5.41) is 0.415. The highest BCUT2D eigenvalue weighted by Gasteiger charge is 2.30. The first-order valence-electron chi connectivity index (χ1n) is 15.7. The second kappa shape index (κ2) is 15.2. The van der Waals surface area contributed by atoms with Gasteiger partial charge in [-0.15, -0.1) is 0 Å². The van der Waals surface area contributed by atoms with Crippen molar-refractivity contribution in [2.24, 2.45) is 0 Å². The first-order chi connectivity index (χ1) is 22.9. The number of rotatable bonds is 12. The normalized spacial score (nSPS) is 12.5. The summed E-state index contributed by atoms with van der Waals surface area (Å²) in [6, 6.07) is 18.3. The minimum atomic E-state index is -4.42. The summed E-state index contributed by atoms with van der Waals surface area (Å²) >= 11 is 1.31. The first-order valence-corrected chi connectivity index (χ1v) is 16.7. The Morgan fingerprint density at radius 2 is 1.48 bits per heavy atom. The van der Waals surface area contributed by atoms with Gasteiger partial charge >= 0.3 is 6.18 Å². The van der Waals surface area contributed by atoms with E-state index in [4.69, 9.17) is 0 Å². The molecule has 0 saturated heterocycles. The third-order valence-electron chi connectivity index (χ3n) is 8.47. The van der Waals surface area contributed by atoms with Crippen LogP contribution in [-0.2, 0) is 47.4 Å². The van der Waals surface area contributed by atoms with Gasteiger partial charge in [-0.2, -0.15) is 18.2 Å². The predicted molar refractivity (Wildman–Crippen MR) is 177 cm³/mol. The van der Waals surface area contributed by atoms with Gasteiger partial charge in [-0.1, -0.05) is 60.3 Å². The maximum atomic E-state index is 14.1. The molecular formula is C36H36F4N4O3S. The standard InChI is InChI=1S/C36H36F4N4O3S/c1-3-42(24(2)45)19-20-43(21-25-7-11-27(12-8-25)28-13-15-29(16-14-28)36(38,39)40)33(46)22-44-32-6-4-5-31(32)34(47)41-35(44)48-23-26-9-17-30(37)18-10-26/h7-18H,3-6,19-23H2,1-2H3. The average Bonchev–Trinajstić information content (AvgIpc) is 3.56. The van der Waals surface area contributed by atoms with Crippen molar-refractivity contribution in [3.8, 4) is 11.1 Å². The van der Waals surface area contributed by atoms with E-state index in [-0.39, 0.29) is 42.8 Å². The van der Waals surface area contributed by atoms with Crippen molar-refractivity contribution < 1.29 is 27.2 Å². The average molecular weight is 681 g/mol. The van der Waals surface area contributed by atoms with Crippen molar-refractivity contribution in [3.05, 3.63) is 117 Å². The molecule has 0 aliphatic heterocycles. The van der Waals surface area contributed by atoms with Crippen molar-refractivity contribution in [2.75, 3.05) is 19.6 Å². The van der Waals surface area contributed by atoms with E-state index >= 15 is 0 Å². The molecule has 4 aromatic rings. The summed E-state index contributed by atoms with van der Waals surface area (Å²) in [5.41, 5.74) is 3.42. The molecule has 5 rings (SSSR count). The lowest BCUT2D eigenvalue weighted by molar-refractivity contribution is -0.137. The van der Waals surface area contributed by atoms with Crippen LogP contribution >= 0.6 is 11.8 Å². The van der Waals surface area contributed by atoms with Gasteiger partial charge in [0, 0.05) is 50.1 Å². The molecule has 3 aromatic carbocycles. The molecule has 7 nitrogen and oxygen atoms in total. The number of hydrogen-bond acceptors (Lipinski definition) is 5. The van der Waals surface area contributed by atoms with Gasteiger partial charge in [-0.25, -0.2) is 4.39 Å². The zero-order valence-corrected chi connectivity index (χ0v) is 27.5. The van der Waals surface area contributed by atoms with Gasteiger partial charge in [0.25, 0.3) is 5.56 Å². The Hall–Kier alpha value is -4.45. The molecule has 252 valence electrons. The molecule has 1 aliphatic carbocycles. The van der Waals surface area contributed by atoms with E-state index in [0.717, 1.165) is 40.9 Å². The maximum Gasteiger partial charge on any atom is 0.416 e. The molecule has 0 spiro atoms. The number of likely N-dealkylation sites (N-methyl/N-ethyl adjacent to an activating group) is 1. The number of fused-ring (bicyclic) bond motifs is 1. The molecule has 2 amide bonds. The Kier molecular flexibility index (Phi) is 11.0. The molecule has 1 aliphatic rings. The number of carbonyl (C=O) groups excluding carboxylic acids is 2. The molecule has 48 heavy (non-hydrogen) atoms. The Labute approximate surface area is 280 Å². The number of halogens is 4. The van der Waals surface area contributed by atoms with Gasteiger partial charge in [-0.05, 0) is 72.7 Å². The Morgan fingerprint density at radius 1 is 0.875 bits per heavy atom. The highest BCUT2D eigenvalue weighted by molar-refractivity contribution is 7.98. The molecule has 1 aromatic heterocycles. The van der Waals surface area contributed by atoms with E-state index < -0.39 is 11.7 Å². The lowest BCUT2D eigenvalue weighted by Crippen LogP contribution is -2.41. The minimum absolute atomic E-state index is 0.0583. The maximum absolute atomic E-state index is 14.1. The summed E-state index contributed by atoms with van der Waals surface area (Å²) in [6.07, 6.45) is -2.39. The number of thioether (sulfide) groups is 1. The highest BCUT2D eigenvalue weighted by atomic mass is 32.2. The van der Waals surface area contributed by atoms with Gasteiger partial charge in [-0.3, -0.25) is 14.4 Å². The van der Waals surface area contributed by atoms with Crippen molar-refractivity contribution in [1.29, 1.82) is 0 Å². The number of amides is 2. The molecule has 0 unspecified atom stereocenters. The van der Waals surface area contributed by atoms with Crippen molar-refractivity contribution in [1.82, 2.24) is 19.4 Å². The molecule has 0 N–H and O–H groups in total. The summed E-state index contributed by atoms with van der Waals surface area (Å²) in [7, 11) is 0. The Morgan fingerprint density at radius 3 is 2.08 bits per heavy atom. The molecule has 0 fully saturated rings. The number of hydrogen-bond donors (Lipinski definition) is 0. The smallest absolute Gasteiger partial charge is 0.341 e. The number of nitrogens with zero attached hydrogens (tertiary/aromatic N) is 4. The third kappa shape index (κ3) is 8.52. The van der Waals surface area contributed by atoms with E-state index in [1.807, 2.05) is 23.6 Å². The fourth-order valence-corrected chi connectivity index (χ4v) is 6.74. The van der Waals surface area contributed by atoms with Crippen molar-refractivity contribution >= 4 is 23.6 Å². The van der Waals surface area contributed by atoms with E-state index in [0.29, 0.717) is 48.0 Å². The van der Waals surface area contributed by atoms with E-state index in [1.54, 1.807) is 34.1 Å². The molecular weight excluding hydrogens is 644 g/mol. The first kappa shape index (κ1) is 34.9. The van der Waals surface area contributed by atoms with Crippen LogP contribution in [0.25, 0.3) is 11.1 Å². The zero-order valence-electron chi connectivity index (χ0n) is 26.7. The molecule has 12 heteroatoms. The van der Waals surface area contributed by atoms with Crippen LogP contribution in [0.3, 0.4) is 0 Å². The van der Waals surface area contributed by atoms with Gasteiger partial charge in [0.1, 0.15) is 12.4 Å². The zero-order chi connectivity index (χ0) is 34.4. The van der Waals surface area contributed by atoms with Gasteiger partial charge in [0.15, 0.2) is 5.16 Å². The van der Waals surface area contributed by atoms with Crippen LogP contribution in [0.1, 0.15) is 48.2 Å². The lowest BCUT2D eigenvalue weighted by Gasteiger charge is -2.28. The number of carbonyl (C=O) groups is 2. The van der Waals surface area contributed by atoms with Crippen LogP contribution in [0, 0.1) is 5.82 Å². The number of benzene rings is 3. The largest absolute Gasteiger partial charge is 0.416 e. The van der Waals surface area contributed by atoms with Gasteiger partial charge in [0.05, 0.1) is 5.56 Å². The van der Waals surface area contributed by atoms with Crippen LogP contribution in [0.15, 0.2) is 82.7 Å². The van der Waals surface area contributed by atoms with Crippen molar-refractivity contribution in [3.63, 3.8) is 0 Å². The van der Waals surface area contributed by atoms with E-state index in [1.165, 1.54) is 43.0 Å². The fraction of sp³-hybridized carbons (Fsp3) is 0.333. The van der Waals surface area contributed by atoms with Gasteiger partial charge in [0.2, 0.25) is 11.8 Å².